The molecule has 22 heavy (non-hydrogen) atoms. The van der Waals surface area contributed by atoms with E-state index in [2.05, 4.69) is 41.2 Å². The number of benzene rings is 1. The largest absolute Gasteiger partial charge is 0.324 e. The number of thioether (sulfide) groups is 1. The number of halogens is 1. The molecule has 1 aromatic carbocycles. The van der Waals surface area contributed by atoms with Crippen molar-refractivity contribution in [1.82, 2.24) is 19.9 Å². The first-order valence-electron chi connectivity index (χ1n) is 6.23. The number of imidazole rings is 1. The zero-order chi connectivity index (χ0) is 15.5. The van der Waals surface area contributed by atoms with E-state index in [4.69, 9.17) is 0 Å². The molecule has 1 amide bonds. The SMILES string of the molecule is O=C(CSc1ncccn1)Nc1cc2[nH]c(=O)[nH]c2cc1Br. The third-order valence-corrected chi connectivity index (χ3v) is 4.28. The van der Waals surface area contributed by atoms with Gasteiger partial charge in [-0.2, -0.15) is 0 Å². The van der Waals surface area contributed by atoms with Crippen LogP contribution in [0.15, 0.2) is 45.0 Å². The first-order valence-corrected chi connectivity index (χ1v) is 8.01. The summed E-state index contributed by atoms with van der Waals surface area (Å²) in [6.45, 7) is 0. The number of carbonyl (C=O) groups is 1. The summed E-state index contributed by atoms with van der Waals surface area (Å²) < 4.78 is 0.685. The van der Waals surface area contributed by atoms with Gasteiger partial charge in [0.05, 0.1) is 22.5 Å². The first kappa shape index (κ1) is 14.8. The second-order valence-corrected chi connectivity index (χ2v) is 6.12. The molecule has 0 bridgehead atoms. The van der Waals surface area contributed by atoms with Crippen LogP contribution in [0.5, 0.6) is 0 Å². The summed E-state index contributed by atoms with van der Waals surface area (Å²) in [5.74, 6) is 0.00778. The summed E-state index contributed by atoms with van der Waals surface area (Å²) in [7, 11) is 0. The molecule has 0 radical (unpaired) electrons. The molecular formula is C13H10BrN5O2S. The van der Waals surface area contributed by atoms with E-state index >= 15 is 0 Å². The number of hydrogen-bond donors (Lipinski definition) is 3. The lowest BCUT2D eigenvalue weighted by Gasteiger charge is -2.07. The van der Waals surface area contributed by atoms with Crippen molar-refractivity contribution in [1.29, 1.82) is 0 Å². The van der Waals surface area contributed by atoms with Crippen molar-refractivity contribution in [2.24, 2.45) is 0 Å². The lowest BCUT2D eigenvalue weighted by molar-refractivity contribution is -0.113. The Morgan fingerprint density at radius 3 is 2.64 bits per heavy atom. The molecule has 9 heteroatoms. The number of aromatic amines is 2. The van der Waals surface area contributed by atoms with Gasteiger partial charge in [-0.15, -0.1) is 0 Å². The highest BCUT2D eigenvalue weighted by molar-refractivity contribution is 9.10. The third kappa shape index (κ3) is 3.37. The van der Waals surface area contributed by atoms with E-state index in [9.17, 15) is 9.59 Å². The second kappa shape index (κ2) is 6.32. The minimum atomic E-state index is -0.290. The summed E-state index contributed by atoms with van der Waals surface area (Å²) in [6.07, 6.45) is 3.25. The van der Waals surface area contributed by atoms with Crippen molar-refractivity contribution in [2.75, 3.05) is 11.1 Å². The van der Waals surface area contributed by atoms with Crippen LogP contribution in [0.3, 0.4) is 0 Å². The number of anilines is 1. The van der Waals surface area contributed by atoms with E-state index in [0.717, 1.165) is 0 Å². The molecule has 3 aromatic rings. The van der Waals surface area contributed by atoms with Crippen LogP contribution in [0.2, 0.25) is 0 Å². The Hall–Kier alpha value is -2.13. The Balaban J connectivity index is 1.71. The first-order chi connectivity index (χ1) is 10.6. The van der Waals surface area contributed by atoms with Gasteiger partial charge in [0, 0.05) is 16.9 Å². The van der Waals surface area contributed by atoms with Gasteiger partial charge in [-0.25, -0.2) is 14.8 Å². The molecule has 7 nitrogen and oxygen atoms in total. The maximum Gasteiger partial charge on any atom is 0.323 e. The Kier molecular flexibility index (Phi) is 4.25. The highest BCUT2D eigenvalue weighted by Crippen LogP contribution is 2.26. The Bertz CT molecular complexity index is 877. The molecule has 0 fully saturated rings. The number of nitrogens with zero attached hydrogens (tertiary/aromatic N) is 2. The van der Waals surface area contributed by atoms with Crippen LogP contribution in [-0.2, 0) is 4.79 Å². The summed E-state index contributed by atoms with van der Waals surface area (Å²) in [4.78, 5) is 36.6. The van der Waals surface area contributed by atoms with Gasteiger partial charge in [-0.1, -0.05) is 11.8 Å². The average molecular weight is 380 g/mol. The Morgan fingerprint density at radius 2 is 1.91 bits per heavy atom. The number of amides is 1. The minimum Gasteiger partial charge on any atom is -0.324 e. The van der Waals surface area contributed by atoms with E-state index in [1.54, 1.807) is 30.6 Å². The van der Waals surface area contributed by atoms with Gasteiger partial charge in [0.15, 0.2) is 5.16 Å². The molecular weight excluding hydrogens is 370 g/mol. The second-order valence-electron chi connectivity index (χ2n) is 4.32. The third-order valence-electron chi connectivity index (χ3n) is 2.75. The van der Waals surface area contributed by atoms with Crippen molar-refractivity contribution in [2.45, 2.75) is 5.16 Å². The molecule has 112 valence electrons. The molecule has 2 heterocycles. The predicted octanol–water partition coefficient (Wildman–Crippen LogP) is 2.14. The maximum absolute atomic E-state index is 12.0. The molecule has 3 N–H and O–H groups in total. The number of nitrogens with one attached hydrogen (secondary N) is 3. The highest BCUT2D eigenvalue weighted by atomic mass is 79.9. The van der Waals surface area contributed by atoms with Crippen LogP contribution in [0, 0.1) is 0 Å². The van der Waals surface area contributed by atoms with Crippen LogP contribution >= 0.6 is 27.7 Å². The molecule has 3 rings (SSSR count). The Morgan fingerprint density at radius 1 is 1.23 bits per heavy atom. The molecule has 0 aliphatic rings. The molecule has 0 atom stereocenters. The van der Waals surface area contributed by atoms with Gasteiger partial charge in [0.2, 0.25) is 5.91 Å². The number of rotatable bonds is 4. The van der Waals surface area contributed by atoms with Crippen molar-refractivity contribution in [3.63, 3.8) is 0 Å². The smallest absolute Gasteiger partial charge is 0.323 e. The van der Waals surface area contributed by atoms with Crippen LogP contribution in [0.1, 0.15) is 0 Å². The van der Waals surface area contributed by atoms with Crippen molar-refractivity contribution < 1.29 is 4.79 Å². The van der Waals surface area contributed by atoms with Gasteiger partial charge >= 0.3 is 5.69 Å². The molecule has 0 spiro atoms. The minimum absolute atomic E-state index is 0.185. The fraction of sp³-hybridized carbons (Fsp3) is 0.0769. The quantitative estimate of drug-likeness (QED) is 0.475. The molecule has 0 unspecified atom stereocenters. The summed E-state index contributed by atoms with van der Waals surface area (Å²) in [5, 5.41) is 3.33. The number of carbonyl (C=O) groups excluding carboxylic acids is 1. The van der Waals surface area contributed by atoms with Crippen LogP contribution in [-0.4, -0.2) is 31.6 Å². The van der Waals surface area contributed by atoms with E-state index in [1.165, 1.54) is 11.8 Å². The summed E-state index contributed by atoms with van der Waals surface area (Å²) >= 11 is 4.62. The van der Waals surface area contributed by atoms with Gasteiger partial charge in [-0.05, 0) is 34.1 Å². The summed E-state index contributed by atoms with van der Waals surface area (Å²) in [5.41, 5.74) is 1.59. The molecule has 0 aliphatic carbocycles. The normalized spacial score (nSPS) is 10.8. The molecule has 0 aliphatic heterocycles. The van der Waals surface area contributed by atoms with Crippen molar-refractivity contribution >= 4 is 50.3 Å². The molecule has 0 saturated heterocycles. The Labute approximate surface area is 137 Å². The topological polar surface area (TPSA) is 104 Å². The lowest BCUT2D eigenvalue weighted by atomic mass is 10.3. The van der Waals surface area contributed by atoms with E-state index in [1.807, 2.05) is 0 Å². The highest BCUT2D eigenvalue weighted by Gasteiger charge is 2.10. The van der Waals surface area contributed by atoms with E-state index < -0.39 is 0 Å². The van der Waals surface area contributed by atoms with Crippen LogP contribution in [0.25, 0.3) is 11.0 Å². The van der Waals surface area contributed by atoms with Gasteiger partial charge in [-0.3, -0.25) is 4.79 Å². The van der Waals surface area contributed by atoms with E-state index in [-0.39, 0.29) is 17.3 Å². The number of H-pyrrole nitrogens is 2. The van der Waals surface area contributed by atoms with Crippen molar-refractivity contribution in [3.05, 3.63) is 45.5 Å². The van der Waals surface area contributed by atoms with Gasteiger partial charge in [0.1, 0.15) is 0 Å². The number of fused-ring (bicyclic) bond motifs is 1. The average Bonchev–Trinajstić information content (AvgIpc) is 2.85. The zero-order valence-electron chi connectivity index (χ0n) is 11.1. The van der Waals surface area contributed by atoms with Crippen LogP contribution < -0.4 is 11.0 Å². The summed E-state index contributed by atoms with van der Waals surface area (Å²) in [6, 6.07) is 5.14. The predicted molar refractivity (Wildman–Crippen MR) is 88.0 cm³/mol. The van der Waals surface area contributed by atoms with E-state index in [0.29, 0.717) is 26.3 Å². The standard InChI is InChI=1S/C13H10BrN5O2S/c14-7-4-9-10(19-12(21)18-9)5-8(7)17-11(20)6-22-13-15-2-1-3-16-13/h1-5H,6H2,(H,17,20)(H2,18,19,21). The maximum atomic E-state index is 12.0. The van der Waals surface area contributed by atoms with Gasteiger partial charge in [0.25, 0.3) is 0 Å². The number of hydrogen-bond acceptors (Lipinski definition) is 5. The molecule has 0 saturated carbocycles. The van der Waals surface area contributed by atoms with Gasteiger partial charge < -0.3 is 15.3 Å². The lowest BCUT2D eigenvalue weighted by Crippen LogP contribution is -2.14. The fourth-order valence-corrected chi connectivity index (χ4v) is 2.87. The zero-order valence-corrected chi connectivity index (χ0v) is 13.5. The van der Waals surface area contributed by atoms with Crippen molar-refractivity contribution in [3.8, 4) is 0 Å². The molecule has 2 aromatic heterocycles. The monoisotopic (exact) mass is 379 g/mol. The number of aromatic nitrogens is 4. The fourth-order valence-electron chi connectivity index (χ4n) is 1.83. The van der Waals surface area contributed by atoms with Crippen LogP contribution in [0.4, 0.5) is 5.69 Å².